The number of likely N-dealkylation sites (N-methyl/N-ethyl adjacent to an activating group) is 1. The van der Waals surface area contributed by atoms with Crippen LogP contribution in [-0.2, 0) is 14.8 Å². The first kappa shape index (κ1) is 16.8. The zero-order chi connectivity index (χ0) is 15.3. The van der Waals surface area contributed by atoms with Gasteiger partial charge in [0.05, 0.1) is 11.9 Å². The number of halogens is 1. The van der Waals surface area contributed by atoms with Crippen LogP contribution >= 0.6 is 11.6 Å². The van der Waals surface area contributed by atoms with E-state index in [9.17, 15) is 13.2 Å². The molecular weight excluding hydrogens is 300 g/mol. The van der Waals surface area contributed by atoms with Crippen molar-refractivity contribution in [3.63, 3.8) is 0 Å². The number of benzene rings is 1. The lowest BCUT2D eigenvalue weighted by Crippen LogP contribution is -2.49. The molecule has 1 atom stereocenters. The summed E-state index contributed by atoms with van der Waals surface area (Å²) in [5.41, 5.74) is 0.426. The molecule has 0 bridgehead atoms. The van der Waals surface area contributed by atoms with Crippen LogP contribution in [0.4, 0.5) is 5.69 Å². The van der Waals surface area contributed by atoms with Crippen molar-refractivity contribution in [1.82, 2.24) is 5.32 Å². The molecule has 1 rings (SSSR count). The van der Waals surface area contributed by atoms with Gasteiger partial charge in [-0.25, -0.2) is 8.42 Å². The van der Waals surface area contributed by atoms with E-state index in [-0.39, 0.29) is 5.91 Å². The standard InChI is InChI=1S/C13H19ClN2O3S/c1-4-12(13(17)15-5-2)16(20(3,18)19)11-8-6-10(14)7-9-11/h6-9,12H,4-5H2,1-3H3,(H,15,17)/t12-/m0/s1. The summed E-state index contributed by atoms with van der Waals surface area (Å²) in [4.78, 5) is 12.1. The SMILES string of the molecule is CCNC(=O)[C@H](CC)N(c1ccc(Cl)cc1)S(C)(=O)=O. The van der Waals surface area contributed by atoms with Crippen LogP contribution < -0.4 is 9.62 Å². The molecule has 112 valence electrons. The number of anilines is 1. The van der Waals surface area contributed by atoms with Crippen LogP contribution in [0.15, 0.2) is 24.3 Å². The largest absolute Gasteiger partial charge is 0.355 e. The Morgan fingerprint density at radius 2 is 1.85 bits per heavy atom. The van der Waals surface area contributed by atoms with Gasteiger partial charge in [0.1, 0.15) is 6.04 Å². The number of nitrogens with zero attached hydrogens (tertiary/aromatic N) is 1. The van der Waals surface area contributed by atoms with Crippen molar-refractivity contribution in [3.05, 3.63) is 29.3 Å². The first-order valence-electron chi connectivity index (χ1n) is 6.34. The lowest BCUT2D eigenvalue weighted by Gasteiger charge is -2.30. The molecule has 0 radical (unpaired) electrons. The van der Waals surface area contributed by atoms with E-state index in [1.165, 1.54) is 0 Å². The van der Waals surface area contributed by atoms with Crippen LogP contribution in [0.25, 0.3) is 0 Å². The Morgan fingerprint density at radius 3 is 2.25 bits per heavy atom. The summed E-state index contributed by atoms with van der Waals surface area (Å²) in [5.74, 6) is -0.310. The van der Waals surface area contributed by atoms with Crippen molar-refractivity contribution < 1.29 is 13.2 Å². The van der Waals surface area contributed by atoms with Crippen LogP contribution in [0, 0.1) is 0 Å². The first-order chi connectivity index (χ1) is 9.31. The second-order valence-corrected chi connectivity index (χ2v) is 6.65. The molecule has 20 heavy (non-hydrogen) atoms. The van der Waals surface area contributed by atoms with Crippen LogP contribution in [0.1, 0.15) is 20.3 Å². The van der Waals surface area contributed by atoms with Gasteiger partial charge in [-0.15, -0.1) is 0 Å². The Bertz CT molecular complexity index is 557. The minimum atomic E-state index is -3.58. The lowest BCUT2D eigenvalue weighted by molar-refractivity contribution is -0.122. The van der Waals surface area contributed by atoms with E-state index in [4.69, 9.17) is 11.6 Å². The first-order valence-corrected chi connectivity index (χ1v) is 8.56. The fraction of sp³-hybridized carbons (Fsp3) is 0.462. The average molecular weight is 319 g/mol. The topological polar surface area (TPSA) is 66.5 Å². The molecule has 0 spiro atoms. The summed E-state index contributed by atoms with van der Waals surface area (Å²) in [6.07, 6.45) is 1.46. The maximum Gasteiger partial charge on any atom is 0.243 e. The molecular formula is C13H19ClN2O3S. The Labute approximate surface area is 125 Å². The fourth-order valence-corrected chi connectivity index (χ4v) is 3.28. The van der Waals surface area contributed by atoms with E-state index in [0.29, 0.717) is 23.7 Å². The van der Waals surface area contributed by atoms with Crippen molar-refractivity contribution >= 4 is 33.2 Å². The zero-order valence-electron chi connectivity index (χ0n) is 11.8. The molecule has 5 nitrogen and oxygen atoms in total. The number of hydrogen-bond acceptors (Lipinski definition) is 3. The van der Waals surface area contributed by atoms with Crippen molar-refractivity contribution in [2.45, 2.75) is 26.3 Å². The van der Waals surface area contributed by atoms with Crippen molar-refractivity contribution in [1.29, 1.82) is 0 Å². The van der Waals surface area contributed by atoms with E-state index < -0.39 is 16.1 Å². The molecule has 1 aromatic rings. The van der Waals surface area contributed by atoms with Gasteiger partial charge in [0.2, 0.25) is 15.9 Å². The van der Waals surface area contributed by atoms with Gasteiger partial charge in [0.15, 0.2) is 0 Å². The minimum absolute atomic E-state index is 0.310. The van der Waals surface area contributed by atoms with Crippen molar-refractivity contribution in [2.75, 3.05) is 17.1 Å². The second kappa shape index (κ2) is 6.95. The summed E-state index contributed by atoms with van der Waals surface area (Å²) in [5, 5.41) is 3.17. The third-order valence-corrected chi connectivity index (χ3v) is 4.19. The molecule has 0 aliphatic rings. The maximum atomic E-state index is 12.1. The second-order valence-electron chi connectivity index (χ2n) is 4.35. The number of sulfonamides is 1. The van der Waals surface area contributed by atoms with Crippen LogP contribution in [0.2, 0.25) is 5.02 Å². The number of amides is 1. The summed E-state index contributed by atoms with van der Waals surface area (Å²) in [6.45, 7) is 4.01. The third kappa shape index (κ3) is 4.11. The number of nitrogens with one attached hydrogen (secondary N) is 1. The Balaban J connectivity index is 3.25. The predicted octanol–water partition coefficient (Wildman–Crippen LogP) is 2.02. The molecule has 0 aliphatic carbocycles. The average Bonchev–Trinajstić information content (AvgIpc) is 2.36. The van der Waals surface area contributed by atoms with Gasteiger partial charge in [-0.2, -0.15) is 0 Å². The van der Waals surface area contributed by atoms with Gasteiger partial charge >= 0.3 is 0 Å². The highest BCUT2D eigenvalue weighted by molar-refractivity contribution is 7.92. The van der Waals surface area contributed by atoms with E-state index in [0.717, 1.165) is 10.6 Å². The normalized spacial score (nSPS) is 12.8. The maximum absolute atomic E-state index is 12.1. The molecule has 0 saturated carbocycles. The molecule has 7 heteroatoms. The van der Waals surface area contributed by atoms with E-state index in [2.05, 4.69) is 5.32 Å². The number of hydrogen-bond donors (Lipinski definition) is 1. The Kier molecular flexibility index (Phi) is 5.83. The highest BCUT2D eigenvalue weighted by atomic mass is 35.5. The van der Waals surface area contributed by atoms with Gasteiger partial charge in [0, 0.05) is 11.6 Å². The van der Waals surface area contributed by atoms with Gasteiger partial charge in [0.25, 0.3) is 0 Å². The van der Waals surface area contributed by atoms with Gasteiger partial charge in [-0.1, -0.05) is 18.5 Å². The molecule has 1 N–H and O–H groups in total. The highest BCUT2D eigenvalue weighted by Gasteiger charge is 2.30. The quantitative estimate of drug-likeness (QED) is 0.872. The van der Waals surface area contributed by atoms with Crippen molar-refractivity contribution in [3.8, 4) is 0 Å². The number of carbonyl (C=O) groups excluding carboxylic acids is 1. The van der Waals surface area contributed by atoms with Crippen molar-refractivity contribution in [2.24, 2.45) is 0 Å². The third-order valence-electron chi connectivity index (χ3n) is 2.76. The smallest absolute Gasteiger partial charge is 0.243 e. The van der Waals surface area contributed by atoms with E-state index in [1.54, 1.807) is 38.1 Å². The van der Waals surface area contributed by atoms with Crippen LogP contribution in [0.3, 0.4) is 0 Å². The Hall–Kier alpha value is -1.27. The lowest BCUT2D eigenvalue weighted by atomic mass is 10.2. The minimum Gasteiger partial charge on any atom is -0.355 e. The van der Waals surface area contributed by atoms with Gasteiger partial charge < -0.3 is 5.32 Å². The summed E-state index contributed by atoms with van der Waals surface area (Å²) < 4.78 is 25.2. The molecule has 0 fully saturated rings. The van der Waals surface area contributed by atoms with E-state index >= 15 is 0 Å². The molecule has 1 aromatic carbocycles. The summed E-state index contributed by atoms with van der Waals surface area (Å²) in [7, 11) is -3.58. The fourth-order valence-electron chi connectivity index (χ4n) is 1.94. The predicted molar refractivity (Wildman–Crippen MR) is 81.5 cm³/mol. The zero-order valence-corrected chi connectivity index (χ0v) is 13.3. The molecule has 0 unspecified atom stereocenters. The number of carbonyl (C=O) groups is 1. The monoisotopic (exact) mass is 318 g/mol. The van der Waals surface area contributed by atoms with Gasteiger partial charge in [-0.3, -0.25) is 9.10 Å². The highest BCUT2D eigenvalue weighted by Crippen LogP contribution is 2.24. The molecule has 1 amide bonds. The number of rotatable bonds is 6. The van der Waals surface area contributed by atoms with Gasteiger partial charge in [-0.05, 0) is 37.6 Å². The Morgan fingerprint density at radius 1 is 1.30 bits per heavy atom. The molecule has 0 aliphatic heterocycles. The van der Waals surface area contributed by atoms with Crippen LogP contribution in [0.5, 0.6) is 0 Å². The molecule has 0 saturated heterocycles. The molecule has 0 heterocycles. The van der Waals surface area contributed by atoms with E-state index in [1.807, 2.05) is 0 Å². The summed E-state index contributed by atoms with van der Waals surface area (Å²) in [6, 6.07) is 5.60. The molecule has 0 aromatic heterocycles. The van der Waals surface area contributed by atoms with Crippen LogP contribution in [-0.4, -0.2) is 33.2 Å². The summed E-state index contributed by atoms with van der Waals surface area (Å²) >= 11 is 5.81.